The fourth-order valence-electron chi connectivity index (χ4n) is 3.97. The Balaban J connectivity index is 0.000000660. The Bertz CT molecular complexity index is 865. The van der Waals surface area contributed by atoms with E-state index in [1.807, 2.05) is 33.8 Å². The van der Waals surface area contributed by atoms with E-state index in [-0.39, 0.29) is 5.82 Å². The zero-order valence-electron chi connectivity index (χ0n) is 17.9. The molecule has 0 amide bonds. The van der Waals surface area contributed by atoms with Crippen molar-refractivity contribution in [3.8, 4) is 11.1 Å². The predicted molar refractivity (Wildman–Crippen MR) is 120 cm³/mol. The van der Waals surface area contributed by atoms with Crippen molar-refractivity contribution in [1.82, 2.24) is 0 Å². The molecule has 0 aromatic heterocycles. The van der Waals surface area contributed by atoms with E-state index in [2.05, 4.69) is 55.5 Å². The second-order valence-electron chi connectivity index (χ2n) is 6.93. The maximum atomic E-state index is 13.6. The Hall–Kier alpha value is -2.41. The number of rotatable bonds is 2. The molecule has 0 aliphatic heterocycles. The Kier molecular flexibility index (Phi) is 8.44. The largest absolute Gasteiger partial charge is 0.207 e. The molecule has 28 heavy (non-hydrogen) atoms. The number of hydrogen-bond acceptors (Lipinski definition) is 0. The summed E-state index contributed by atoms with van der Waals surface area (Å²) in [7, 11) is 0. The van der Waals surface area contributed by atoms with Crippen molar-refractivity contribution in [3.05, 3.63) is 95.3 Å². The summed E-state index contributed by atoms with van der Waals surface area (Å²) in [5, 5.41) is 0. The molecule has 0 heterocycles. The normalized spacial score (nSPS) is 17.4. The van der Waals surface area contributed by atoms with Gasteiger partial charge in [0, 0.05) is 5.92 Å². The molecule has 3 aromatic rings. The third kappa shape index (κ3) is 5.10. The van der Waals surface area contributed by atoms with Gasteiger partial charge < -0.3 is 0 Å². The summed E-state index contributed by atoms with van der Waals surface area (Å²) < 4.78 is 13.6. The smallest absolute Gasteiger partial charge is 0.123 e. The molecule has 2 atom stereocenters. The molecule has 0 N–H and O–H groups in total. The Morgan fingerprint density at radius 1 is 0.750 bits per heavy atom. The van der Waals surface area contributed by atoms with Crippen LogP contribution in [0, 0.1) is 11.7 Å². The monoisotopic (exact) mass is 376 g/mol. The first-order chi connectivity index (χ1) is 13.7. The molecule has 148 valence electrons. The Morgan fingerprint density at radius 2 is 1.39 bits per heavy atom. The van der Waals surface area contributed by atoms with Crippen LogP contribution in [0.3, 0.4) is 0 Å². The second kappa shape index (κ2) is 10.8. The van der Waals surface area contributed by atoms with Gasteiger partial charge in [-0.25, -0.2) is 4.39 Å². The summed E-state index contributed by atoms with van der Waals surface area (Å²) in [4.78, 5) is 0. The molecule has 1 aliphatic rings. The molecule has 0 saturated heterocycles. The number of hydrogen-bond donors (Lipinski definition) is 0. The number of halogens is 1. The summed E-state index contributed by atoms with van der Waals surface area (Å²) >= 11 is 0. The standard InChI is InChI=1S/C23H21F.2C2H6/c1-16-12-19-6-2-3-11-22(19)23(13-16)20-9-4-7-17(14-20)18-8-5-10-21(24)15-18;2*1-2/h2-11,14-16,23H,12-13H2,1H3;2*1-2H3/t16-,23-;;/m0../s1. The lowest BCUT2D eigenvalue weighted by molar-refractivity contribution is 0.464. The average molecular weight is 377 g/mol. The van der Waals surface area contributed by atoms with Crippen LogP contribution in [-0.4, -0.2) is 0 Å². The van der Waals surface area contributed by atoms with Crippen LogP contribution in [0.2, 0.25) is 0 Å². The van der Waals surface area contributed by atoms with Gasteiger partial charge in [-0.1, -0.05) is 95.3 Å². The van der Waals surface area contributed by atoms with Crippen LogP contribution in [0.5, 0.6) is 0 Å². The third-order valence-electron chi connectivity index (χ3n) is 5.08. The van der Waals surface area contributed by atoms with Crippen LogP contribution < -0.4 is 0 Å². The SMILES string of the molecule is CC.CC.C[C@H]1Cc2ccccc2[C@H](c2cccc(-c3cccc(F)c3)c2)C1. The molecule has 0 nitrogen and oxygen atoms in total. The van der Waals surface area contributed by atoms with Crippen LogP contribution in [0.1, 0.15) is 63.6 Å². The highest BCUT2D eigenvalue weighted by Crippen LogP contribution is 2.40. The van der Waals surface area contributed by atoms with Crippen molar-refractivity contribution in [1.29, 1.82) is 0 Å². The van der Waals surface area contributed by atoms with Gasteiger partial charge in [-0.05, 0) is 58.7 Å². The summed E-state index contributed by atoms with van der Waals surface area (Å²) in [6.07, 6.45) is 2.33. The van der Waals surface area contributed by atoms with Gasteiger partial charge in [-0.3, -0.25) is 0 Å². The van der Waals surface area contributed by atoms with Crippen molar-refractivity contribution >= 4 is 0 Å². The van der Waals surface area contributed by atoms with E-state index in [4.69, 9.17) is 0 Å². The van der Waals surface area contributed by atoms with E-state index >= 15 is 0 Å². The van der Waals surface area contributed by atoms with E-state index in [1.54, 1.807) is 12.1 Å². The predicted octanol–water partition coefficient (Wildman–Crippen LogP) is 8.26. The van der Waals surface area contributed by atoms with Gasteiger partial charge in [0.15, 0.2) is 0 Å². The quantitative estimate of drug-likeness (QED) is 0.422. The van der Waals surface area contributed by atoms with Gasteiger partial charge in [0.05, 0.1) is 0 Å². The minimum Gasteiger partial charge on any atom is -0.207 e. The molecule has 0 saturated carbocycles. The van der Waals surface area contributed by atoms with Gasteiger partial charge in [-0.15, -0.1) is 0 Å². The molecule has 3 aromatic carbocycles. The minimum atomic E-state index is -0.186. The molecule has 0 unspecified atom stereocenters. The van der Waals surface area contributed by atoms with Gasteiger partial charge in [-0.2, -0.15) is 0 Å². The van der Waals surface area contributed by atoms with Crippen molar-refractivity contribution in [2.24, 2.45) is 5.92 Å². The fraction of sp³-hybridized carbons (Fsp3) is 0.333. The zero-order valence-corrected chi connectivity index (χ0v) is 17.9. The number of benzene rings is 3. The van der Waals surface area contributed by atoms with Gasteiger partial charge >= 0.3 is 0 Å². The van der Waals surface area contributed by atoms with E-state index < -0.39 is 0 Å². The second-order valence-corrected chi connectivity index (χ2v) is 6.93. The van der Waals surface area contributed by atoms with Crippen LogP contribution in [0.4, 0.5) is 4.39 Å². The van der Waals surface area contributed by atoms with E-state index in [0.717, 1.165) is 17.5 Å². The van der Waals surface area contributed by atoms with Gasteiger partial charge in [0.2, 0.25) is 0 Å². The van der Waals surface area contributed by atoms with Crippen molar-refractivity contribution in [3.63, 3.8) is 0 Å². The van der Waals surface area contributed by atoms with Crippen LogP contribution >= 0.6 is 0 Å². The van der Waals surface area contributed by atoms with Gasteiger partial charge in [0.25, 0.3) is 0 Å². The lowest BCUT2D eigenvalue weighted by Crippen LogP contribution is -2.17. The molecule has 0 spiro atoms. The summed E-state index contributed by atoms with van der Waals surface area (Å²) in [6.45, 7) is 10.3. The third-order valence-corrected chi connectivity index (χ3v) is 5.08. The highest BCUT2D eigenvalue weighted by Gasteiger charge is 2.25. The number of fused-ring (bicyclic) bond motifs is 1. The van der Waals surface area contributed by atoms with E-state index in [0.29, 0.717) is 11.8 Å². The topological polar surface area (TPSA) is 0 Å². The average Bonchev–Trinajstić information content (AvgIpc) is 2.76. The molecule has 1 aliphatic carbocycles. The maximum absolute atomic E-state index is 13.6. The van der Waals surface area contributed by atoms with Crippen LogP contribution in [0.25, 0.3) is 11.1 Å². The molecular formula is C27H33F. The van der Waals surface area contributed by atoms with Crippen molar-refractivity contribution in [2.45, 2.75) is 53.4 Å². The lowest BCUT2D eigenvalue weighted by Gasteiger charge is -2.30. The molecular weight excluding hydrogens is 343 g/mol. The molecule has 0 bridgehead atoms. The Morgan fingerprint density at radius 3 is 2.11 bits per heavy atom. The lowest BCUT2D eigenvalue weighted by atomic mass is 9.74. The first-order valence-electron chi connectivity index (χ1n) is 10.6. The Labute approximate surface area is 170 Å². The zero-order chi connectivity index (χ0) is 20.5. The van der Waals surface area contributed by atoms with E-state index in [1.165, 1.54) is 29.2 Å². The minimum absolute atomic E-state index is 0.186. The first kappa shape index (κ1) is 21.9. The highest BCUT2D eigenvalue weighted by molar-refractivity contribution is 5.64. The maximum Gasteiger partial charge on any atom is 0.123 e. The molecule has 0 fully saturated rings. The van der Waals surface area contributed by atoms with Crippen LogP contribution in [-0.2, 0) is 6.42 Å². The van der Waals surface area contributed by atoms with Crippen LogP contribution in [0.15, 0.2) is 72.8 Å². The van der Waals surface area contributed by atoms with Gasteiger partial charge in [0.1, 0.15) is 5.82 Å². The molecule has 1 heteroatoms. The van der Waals surface area contributed by atoms with Crippen molar-refractivity contribution in [2.75, 3.05) is 0 Å². The fourth-order valence-corrected chi connectivity index (χ4v) is 3.97. The molecule has 4 rings (SSSR count). The summed E-state index contributed by atoms with van der Waals surface area (Å²) in [6, 6.07) is 24.2. The highest BCUT2D eigenvalue weighted by atomic mass is 19.1. The summed E-state index contributed by atoms with van der Waals surface area (Å²) in [5.41, 5.74) is 6.27. The summed E-state index contributed by atoms with van der Waals surface area (Å²) in [5.74, 6) is 0.927. The molecule has 0 radical (unpaired) electrons. The first-order valence-corrected chi connectivity index (χ1v) is 10.6. The van der Waals surface area contributed by atoms with E-state index in [9.17, 15) is 4.39 Å². The van der Waals surface area contributed by atoms with Crippen molar-refractivity contribution < 1.29 is 4.39 Å².